The summed E-state index contributed by atoms with van der Waals surface area (Å²) in [4.78, 5) is 6.81. The highest BCUT2D eigenvalue weighted by Gasteiger charge is 2.28. The minimum Gasteiger partial charge on any atom is -0.383 e. The van der Waals surface area contributed by atoms with Gasteiger partial charge in [0.15, 0.2) is 5.96 Å². The molecule has 0 spiro atoms. The molecule has 0 unspecified atom stereocenters. The molecule has 0 atom stereocenters. The summed E-state index contributed by atoms with van der Waals surface area (Å²) in [7, 11) is 3.57. The molecule has 0 bridgehead atoms. The number of nitrogens with one attached hydrogen (secondary N) is 2. The van der Waals surface area contributed by atoms with E-state index in [1.54, 1.807) is 7.11 Å². The molecule has 0 radical (unpaired) electrons. The zero-order valence-corrected chi connectivity index (χ0v) is 18.8. The fourth-order valence-corrected chi connectivity index (χ4v) is 3.86. The Hall–Kier alpha value is -0.670. The number of hydrogen-bond acceptors (Lipinski definition) is 4. The Balaban J connectivity index is 0.00000312. The monoisotopic (exact) mass is 478 g/mol. The van der Waals surface area contributed by atoms with E-state index in [0.29, 0.717) is 6.61 Å². The van der Waals surface area contributed by atoms with Gasteiger partial charge in [-0.05, 0) is 31.5 Å². The molecule has 2 N–H and O–H groups in total. The fraction of sp³-hybridized carbons (Fsp3) is 0.611. The van der Waals surface area contributed by atoms with E-state index in [-0.39, 0.29) is 28.7 Å². The molecule has 1 saturated heterocycles. The number of halogens is 1. The lowest BCUT2D eigenvalue weighted by molar-refractivity contribution is 0.211. The van der Waals surface area contributed by atoms with Gasteiger partial charge in [-0.15, -0.1) is 24.0 Å². The van der Waals surface area contributed by atoms with Crippen LogP contribution in [0.2, 0.25) is 0 Å². The van der Waals surface area contributed by atoms with E-state index in [1.165, 1.54) is 5.56 Å². The number of nitrogens with zero attached hydrogens (tertiary/aromatic N) is 2. The zero-order chi connectivity index (χ0) is 17.4. The summed E-state index contributed by atoms with van der Waals surface area (Å²) >= 11 is 2.04. The maximum absolute atomic E-state index is 5.04. The van der Waals surface area contributed by atoms with Crippen molar-refractivity contribution in [1.82, 2.24) is 10.2 Å². The van der Waals surface area contributed by atoms with Gasteiger partial charge in [0.25, 0.3) is 0 Å². The molecule has 0 amide bonds. The van der Waals surface area contributed by atoms with Crippen LogP contribution in [0.25, 0.3) is 0 Å². The molecule has 1 aliphatic rings. The number of thioether (sulfide) groups is 1. The number of methoxy groups -OCH3 is 1. The topological polar surface area (TPSA) is 48.9 Å². The van der Waals surface area contributed by atoms with Crippen molar-refractivity contribution in [3.63, 3.8) is 0 Å². The van der Waals surface area contributed by atoms with Crippen molar-refractivity contribution in [3.05, 3.63) is 29.8 Å². The molecule has 1 aliphatic heterocycles. The average molecular weight is 478 g/mol. The molecule has 0 aliphatic carbocycles. The van der Waals surface area contributed by atoms with E-state index in [1.807, 2.05) is 18.8 Å². The molecule has 25 heavy (non-hydrogen) atoms. The summed E-state index contributed by atoms with van der Waals surface area (Å²) in [6, 6.07) is 8.50. The number of hydrogen-bond donors (Lipinski definition) is 2. The van der Waals surface area contributed by atoms with Crippen LogP contribution >= 0.6 is 35.7 Å². The van der Waals surface area contributed by atoms with Gasteiger partial charge >= 0.3 is 0 Å². The molecular formula is C18H31IN4OS. The van der Waals surface area contributed by atoms with Gasteiger partial charge in [0.05, 0.1) is 6.61 Å². The first kappa shape index (κ1) is 22.4. The lowest BCUT2D eigenvalue weighted by Gasteiger charge is -2.39. The number of anilines is 1. The van der Waals surface area contributed by atoms with Crippen LogP contribution in [0.4, 0.5) is 5.69 Å². The van der Waals surface area contributed by atoms with Gasteiger partial charge in [-0.3, -0.25) is 4.99 Å². The Bertz CT molecular complexity index is 536. The third-order valence-electron chi connectivity index (χ3n) is 3.98. The number of rotatable bonds is 6. The number of guanidine groups is 1. The van der Waals surface area contributed by atoms with Gasteiger partial charge in [0.2, 0.25) is 0 Å². The molecule has 0 aromatic heterocycles. The van der Waals surface area contributed by atoms with E-state index >= 15 is 0 Å². The number of ether oxygens (including phenoxy) is 1. The van der Waals surface area contributed by atoms with E-state index in [2.05, 4.69) is 58.6 Å². The molecule has 1 aromatic carbocycles. The normalized spacial score (nSPS) is 17.0. The first-order chi connectivity index (χ1) is 11.5. The maximum atomic E-state index is 5.04. The van der Waals surface area contributed by atoms with Crippen LogP contribution in [-0.2, 0) is 11.3 Å². The molecular weight excluding hydrogens is 447 g/mol. The summed E-state index contributed by atoms with van der Waals surface area (Å²) in [5.41, 5.74) is 2.37. The standard InChI is InChI=1S/C18H30N4OS.HI/c1-18(2)14-22(10-12-24-18)17(19-3)21-13-15-5-7-16(8-6-15)20-9-11-23-4;/h5-8,20H,9-14H2,1-4H3,(H,19,21);1H. The molecule has 0 saturated carbocycles. The molecule has 1 fully saturated rings. The lowest BCUT2D eigenvalue weighted by Crippen LogP contribution is -2.50. The first-order valence-electron chi connectivity index (χ1n) is 8.45. The van der Waals surface area contributed by atoms with E-state index in [9.17, 15) is 0 Å². The minimum atomic E-state index is 0. The highest BCUT2D eigenvalue weighted by molar-refractivity contribution is 14.0. The van der Waals surface area contributed by atoms with Crippen molar-refractivity contribution in [2.75, 3.05) is 51.5 Å². The van der Waals surface area contributed by atoms with Crippen molar-refractivity contribution in [1.29, 1.82) is 0 Å². The SMILES string of the molecule is CN=C(NCc1ccc(NCCOC)cc1)N1CCSC(C)(C)C1.I. The zero-order valence-electron chi connectivity index (χ0n) is 15.7. The van der Waals surface area contributed by atoms with Crippen LogP contribution in [0.1, 0.15) is 19.4 Å². The number of benzene rings is 1. The van der Waals surface area contributed by atoms with Crippen LogP contribution in [0, 0.1) is 0 Å². The molecule has 1 heterocycles. The second-order valence-corrected chi connectivity index (χ2v) is 8.35. The third kappa shape index (κ3) is 7.62. The summed E-state index contributed by atoms with van der Waals surface area (Å²) in [5.74, 6) is 2.14. The smallest absolute Gasteiger partial charge is 0.193 e. The van der Waals surface area contributed by atoms with Crippen LogP contribution in [0.3, 0.4) is 0 Å². The second kappa shape index (κ2) is 11.1. The van der Waals surface area contributed by atoms with Crippen LogP contribution in [-0.4, -0.2) is 61.8 Å². The van der Waals surface area contributed by atoms with Gasteiger partial charge in [0, 0.05) is 56.5 Å². The average Bonchev–Trinajstić information content (AvgIpc) is 2.56. The Morgan fingerprint density at radius 3 is 2.64 bits per heavy atom. The Morgan fingerprint density at radius 1 is 1.32 bits per heavy atom. The predicted molar refractivity (Wildman–Crippen MR) is 121 cm³/mol. The fourth-order valence-electron chi connectivity index (χ4n) is 2.75. The van der Waals surface area contributed by atoms with Crippen molar-refractivity contribution < 1.29 is 4.74 Å². The maximum Gasteiger partial charge on any atom is 0.193 e. The quantitative estimate of drug-likeness (QED) is 0.285. The second-order valence-electron chi connectivity index (χ2n) is 6.55. The van der Waals surface area contributed by atoms with Gasteiger partial charge in [-0.2, -0.15) is 11.8 Å². The lowest BCUT2D eigenvalue weighted by atomic mass is 10.2. The van der Waals surface area contributed by atoms with E-state index in [0.717, 1.165) is 43.6 Å². The van der Waals surface area contributed by atoms with Crippen molar-refractivity contribution in [2.24, 2.45) is 4.99 Å². The van der Waals surface area contributed by atoms with Crippen LogP contribution in [0.15, 0.2) is 29.3 Å². The summed E-state index contributed by atoms with van der Waals surface area (Å²) in [6.45, 7) is 9.00. The first-order valence-corrected chi connectivity index (χ1v) is 9.44. The Labute approximate surface area is 173 Å². The highest BCUT2D eigenvalue weighted by Crippen LogP contribution is 2.29. The predicted octanol–water partition coefficient (Wildman–Crippen LogP) is 3.27. The van der Waals surface area contributed by atoms with Gasteiger partial charge in [0.1, 0.15) is 0 Å². The van der Waals surface area contributed by atoms with E-state index < -0.39 is 0 Å². The summed E-state index contributed by atoms with van der Waals surface area (Å²) in [5, 5.41) is 6.82. The van der Waals surface area contributed by atoms with Crippen LogP contribution < -0.4 is 10.6 Å². The van der Waals surface area contributed by atoms with Gasteiger partial charge < -0.3 is 20.3 Å². The highest BCUT2D eigenvalue weighted by atomic mass is 127. The Kier molecular flexibility index (Phi) is 9.96. The van der Waals surface area contributed by atoms with E-state index in [4.69, 9.17) is 4.74 Å². The van der Waals surface area contributed by atoms with Crippen molar-refractivity contribution in [2.45, 2.75) is 25.1 Å². The largest absolute Gasteiger partial charge is 0.383 e. The minimum absolute atomic E-state index is 0. The van der Waals surface area contributed by atoms with Crippen molar-refractivity contribution in [3.8, 4) is 0 Å². The number of aliphatic imine (C=N–C) groups is 1. The molecule has 2 rings (SSSR count). The molecule has 7 heteroatoms. The molecule has 1 aromatic rings. The van der Waals surface area contributed by atoms with Gasteiger partial charge in [-0.1, -0.05) is 12.1 Å². The third-order valence-corrected chi connectivity index (χ3v) is 5.27. The molecule has 142 valence electrons. The Morgan fingerprint density at radius 2 is 2.04 bits per heavy atom. The molecule has 5 nitrogen and oxygen atoms in total. The van der Waals surface area contributed by atoms with Crippen molar-refractivity contribution >= 4 is 47.4 Å². The summed E-state index contributed by atoms with van der Waals surface area (Å²) in [6.07, 6.45) is 0. The summed E-state index contributed by atoms with van der Waals surface area (Å²) < 4.78 is 5.33. The van der Waals surface area contributed by atoms with Crippen LogP contribution in [0.5, 0.6) is 0 Å². The van der Waals surface area contributed by atoms with Gasteiger partial charge in [-0.25, -0.2) is 0 Å².